The minimum absolute atomic E-state index is 0.579. The molecular formula is C43H27N5. The van der Waals surface area contributed by atoms with Crippen molar-refractivity contribution in [3.05, 3.63) is 164 Å². The summed E-state index contributed by atoms with van der Waals surface area (Å²) in [5, 5.41) is 5.69. The van der Waals surface area contributed by atoms with Crippen LogP contribution < -0.4 is 0 Å². The maximum atomic E-state index is 5.09. The summed E-state index contributed by atoms with van der Waals surface area (Å²) in [6, 6.07) is 53.9. The maximum absolute atomic E-state index is 5.09. The maximum Gasteiger partial charge on any atom is 0.179 e. The first-order chi connectivity index (χ1) is 23.7. The van der Waals surface area contributed by atoms with Gasteiger partial charge in [-0.25, -0.2) is 19.9 Å². The Morgan fingerprint density at radius 3 is 1.67 bits per heavy atom. The zero-order chi connectivity index (χ0) is 31.9. The Kier molecular flexibility index (Phi) is 6.72. The van der Waals surface area contributed by atoms with Crippen molar-refractivity contribution in [2.45, 2.75) is 0 Å². The van der Waals surface area contributed by atoms with Crippen LogP contribution in [0.5, 0.6) is 0 Å². The fourth-order valence-electron chi connectivity index (χ4n) is 6.23. The molecule has 5 nitrogen and oxygen atoms in total. The highest BCUT2D eigenvalue weighted by atomic mass is 14.9. The van der Waals surface area contributed by atoms with Crippen LogP contribution in [0.2, 0.25) is 0 Å². The lowest BCUT2D eigenvalue weighted by atomic mass is 10.0. The minimum Gasteiger partial charge on any atom is -0.252 e. The minimum atomic E-state index is 0.579. The molecule has 0 fully saturated rings. The fourth-order valence-corrected chi connectivity index (χ4v) is 6.23. The summed E-state index contributed by atoms with van der Waals surface area (Å²) in [7, 11) is 0. The number of para-hydroxylation sites is 1. The third kappa shape index (κ3) is 5.13. The average molecular weight is 614 g/mol. The highest BCUT2D eigenvalue weighted by Crippen LogP contribution is 2.32. The third-order valence-electron chi connectivity index (χ3n) is 8.72. The number of pyridine rings is 1. The Bertz CT molecular complexity index is 2520. The van der Waals surface area contributed by atoms with Gasteiger partial charge in [0.25, 0.3) is 0 Å². The van der Waals surface area contributed by atoms with Gasteiger partial charge in [-0.15, -0.1) is 0 Å². The van der Waals surface area contributed by atoms with Gasteiger partial charge in [-0.2, -0.15) is 0 Å². The largest absolute Gasteiger partial charge is 0.252 e. The van der Waals surface area contributed by atoms with Gasteiger partial charge in [0.05, 0.1) is 22.6 Å². The fraction of sp³-hybridized carbons (Fsp3) is 0. The zero-order valence-corrected chi connectivity index (χ0v) is 25.8. The Hall–Kier alpha value is -6.59. The van der Waals surface area contributed by atoms with E-state index in [4.69, 9.17) is 24.9 Å². The summed E-state index contributed by atoms with van der Waals surface area (Å²) in [6.45, 7) is 0. The summed E-state index contributed by atoms with van der Waals surface area (Å²) in [5.41, 5.74) is 8.01. The lowest BCUT2D eigenvalue weighted by Gasteiger charge is -2.11. The molecule has 224 valence electrons. The smallest absolute Gasteiger partial charge is 0.179 e. The number of benzene rings is 6. The van der Waals surface area contributed by atoms with Crippen LogP contribution in [0.3, 0.4) is 0 Å². The molecule has 0 aliphatic rings. The van der Waals surface area contributed by atoms with E-state index in [0.717, 1.165) is 55.6 Å². The van der Waals surface area contributed by atoms with Gasteiger partial charge in [-0.05, 0) is 57.9 Å². The van der Waals surface area contributed by atoms with Gasteiger partial charge in [0.1, 0.15) is 5.69 Å². The molecule has 9 rings (SSSR count). The van der Waals surface area contributed by atoms with E-state index in [1.165, 1.54) is 16.2 Å². The van der Waals surface area contributed by atoms with Gasteiger partial charge in [0.15, 0.2) is 11.6 Å². The number of hydrogen-bond acceptors (Lipinski definition) is 5. The van der Waals surface area contributed by atoms with E-state index in [-0.39, 0.29) is 0 Å². The van der Waals surface area contributed by atoms with Crippen LogP contribution >= 0.6 is 0 Å². The first-order valence-electron chi connectivity index (χ1n) is 15.9. The predicted octanol–water partition coefficient (Wildman–Crippen LogP) is 10.5. The molecule has 3 aromatic heterocycles. The van der Waals surface area contributed by atoms with Gasteiger partial charge in [-0.3, -0.25) is 4.98 Å². The highest BCUT2D eigenvalue weighted by molar-refractivity contribution is 5.93. The molecule has 9 aromatic rings. The van der Waals surface area contributed by atoms with Crippen molar-refractivity contribution in [1.29, 1.82) is 0 Å². The predicted molar refractivity (Wildman–Crippen MR) is 195 cm³/mol. The van der Waals surface area contributed by atoms with Gasteiger partial charge in [0.2, 0.25) is 0 Å². The van der Waals surface area contributed by atoms with E-state index in [1.54, 1.807) is 0 Å². The molecule has 3 heterocycles. The van der Waals surface area contributed by atoms with Crippen molar-refractivity contribution in [2.24, 2.45) is 0 Å². The van der Waals surface area contributed by atoms with Gasteiger partial charge < -0.3 is 0 Å². The van der Waals surface area contributed by atoms with Gasteiger partial charge in [0, 0.05) is 33.8 Å². The third-order valence-corrected chi connectivity index (χ3v) is 8.72. The lowest BCUT2D eigenvalue weighted by molar-refractivity contribution is 1.16. The van der Waals surface area contributed by atoms with Crippen molar-refractivity contribution >= 4 is 32.4 Å². The molecule has 0 saturated carbocycles. The lowest BCUT2D eigenvalue weighted by Crippen LogP contribution is -1.98. The number of rotatable bonds is 5. The highest BCUT2D eigenvalue weighted by Gasteiger charge is 2.15. The molecule has 5 heteroatoms. The Balaban J connectivity index is 1.16. The van der Waals surface area contributed by atoms with Crippen molar-refractivity contribution < 1.29 is 0 Å². The quantitative estimate of drug-likeness (QED) is 0.193. The van der Waals surface area contributed by atoms with Gasteiger partial charge in [-0.1, -0.05) is 121 Å². The molecule has 0 atom stereocenters. The topological polar surface area (TPSA) is 64.5 Å². The molecule has 0 aliphatic carbocycles. The Morgan fingerprint density at radius 2 is 0.938 bits per heavy atom. The number of nitrogens with zero attached hydrogens (tertiary/aromatic N) is 5. The second-order valence-corrected chi connectivity index (χ2v) is 11.8. The molecule has 6 aromatic carbocycles. The molecule has 0 N–H and O–H groups in total. The van der Waals surface area contributed by atoms with Crippen LogP contribution in [0.4, 0.5) is 0 Å². The molecule has 0 radical (unpaired) electrons. The second-order valence-electron chi connectivity index (χ2n) is 11.8. The molecule has 0 unspecified atom stereocenters. The first-order valence-corrected chi connectivity index (χ1v) is 15.9. The van der Waals surface area contributed by atoms with Crippen molar-refractivity contribution in [1.82, 2.24) is 24.9 Å². The summed E-state index contributed by atoms with van der Waals surface area (Å²) < 4.78 is 0. The summed E-state index contributed by atoms with van der Waals surface area (Å²) in [4.78, 5) is 24.9. The summed E-state index contributed by atoms with van der Waals surface area (Å²) >= 11 is 0. The summed E-state index contributed by atoms with van der Waals surface area (Å²) in [5.74, 6) is 1.24. The van der Waals surface area contributed by atoms with Crippen molar-refractivity contribution in [3.8, 4) is 56.7 Å². The van der Waals surface area contributed by atoms with E-state index < -0.39 is 0 Å². The Labute approximate surface area is 277 Å². The normalized spacial score (nSPS) is 11.3. The van der Waals surface area contributed by atoms with Crippen molar-refractivity contribution in [3.63, 3.8) is 0 Å². The molecule has 48 heavy (non-hydrogen) atoms. The first kappa shape index (κ1) is 27.7. The molecule has 0 saturated heterocycles. The molecule has 0 spiro atoms. The van der Waals surface area contributed by atoms with Crippen LogP contribution in [0.1, 0.15) is 0 Å². The average Bonchev–Trinajstić information content (AvgIpc) is 3.17. The second kappa shape index (κ2) is 11.6. The number of hydrogen-bond donors (Lipinski definition) is 0. The van der Waals surface area contributed by atoms with Crippen LogP contribution in [0.25, 0.3) is 89.1 Å². The molecule has 0 amide bonds. The number of fused-ring (bicyclic) bond motifs is 3. The van der Waals surface area contributed by atoms with E-state index in [0.29, 0.717) is 17.3 Å². The van der Waals surface area contributed by atoms with Gasteiger partial charge >= 0.3 is 0 Å². The molecular weight excluding hydrogens is 587 g/mol. The van der Waals surface area contributed by atoms with Crippen LogP contribution in [-0.4, -0.2) is 24.9 Å². The SMILES string of the molecule is c1ccc(-c2nc(-c3ccc(-c4cc(-c5ccc6ccccc6c5)nc(-c5ccc6ccccc6c5)n4)cn3)nc3ccccc23)cc1. The van der Waals surface area contributed by atoms with E-state index >= 15 is 0 Å². The molecule has 0 bridgehead atoms. The van der Waals surface area contributed by atoms with Crippen LogP contribution in [-0.2, 0) is 0 Å². The van der Waals surface area contributed by atoms with E-state index in [9.17, 15) is 0 Å². The van der Waals surface area contributed by atoms with Crippen molar-refractivity contribution in [2.75, 3.05) is 0 Å². The summed E-state index contributed by atoms with van der Waals surface area (Å²) in [6.07, 6.45) is 1.85. The van der Waals surface area contributed by atoms with E-state index in [2.05, 4.69) is 103 Å². The number of aromatic nitrogens is 5. The van der Waals surface area contributed by atoms with Crippen LogP contribution in [0.15, 0.2) is 164 Å². The zero-order valence-electron chi connectivity index (χ0n) is 25.8. The monoisotopic (exact) mass is 613 g/mol. The standard InChI is InChI=1S/C43H27N5/c1-2-12-30(13-3-1)41-36-16-8-9-17-37(36)45-43(48-41)38-23-22-35(27-44-38)40-26-39(33-20-18-28-10-4-6-14-31(28)24-33)46-42(47-40)34-21-19-29-11-5-7-15-32(29)25-34/h1-27H. The van der Waals surface area contributed by atoms with E-state index in [1.807, 2.05) is 60.8 Å². The Morgan fingerprint density at radius 1 is 0.333 bits per heavy atom. The molecule has 0 aliphatic heterocycles. The van der Waals surface area contributed by atoms with Crippen LogP contribution in [0, 0.1) is 0 Å².